The molecule has 0 N–H and O–H groups in total. The molecule has 4 rings (SSSR count). The Hall–Kier alpha value is 0.177. The van der Waals surface area contributed by atoms with E-state index in [0.29, 0.717) is 6.10 Å². The molecule has 4 saturated carbocycles. The van der Waals surface area contributed by atoms with Gasteiger partial charge in [0, 0.05) is 6.10 Å². The van der Waals surface area contributed by atoms with E-state index >= 15 is 0 Å². The molecular weight excluding hydrogens is 416 g/mol. The van der Waals surface area contributed by atoms with E-state index in [1.807, 2.05) is 0 Å². The Morgan fingerprint density at radius 3 is 0.848 bits per heavy atom. The summed E-state index contributed by atoms with van der Waals surface area (Å²) in [5, 5.41) is 0. The molecule has 0 atom stereocenters. The van der Waals surface area contributed by atoms with Crippen molar-refractivity contribution in [1.82, 2.24) is 0 Å². The molecule has 0 amide bonds. The van der Waals surface area contributed by atoms with Gasteiger partial charge in [-0.1, -0.05) is 161 Å². The minimum Gasteiger partial charge on any atom is -0.413 e. The van der Waals surface area contributed by atoms with Crippen LogP contribution in [0.2, 0.25) is 16.6 Å². The second-order valence-electron chi connectivity index (χ2n) is 12.7. The largest absolute Gasteiger partial charge is 0.413 e. The third-order valence-corrected chi connectivity index (χ3v) is 16.7. The minimum atomic E-state index is -1.87. The van der Waals surface area contributed by atoms with Gasteiger partial charge in [-0.3, -0.25) is 0 Å². The molecule has 0 bridgehead atoms. The minimum absolute atomic E-state index is 0.625. The fraction of sp³-hybridized carbons (Fsp3) is 1.00. The van der Waals surface area contributed by atoms with E-state index in [4.69, 9.17) is 4.43 Å². The van der Waals surface area contributed by atoms with Crippen molar-refractivity contribution in [2.45, 2.75) is 196 Å². The first-order chi connectivity index (χ1) is 16.4. The molecular formula is C31H58OSi. The van der Waals surface area contributed by atoms with Crippen LogP contribution in [0.25, 0.3) is 0 Å². The van der Waals surface area contributed by atoms with Gasteiger partial charge in [-0.25, -0.2) is 0 Å². The van der Waals surface area contributed by atoms with E-state index in [1.54, 1.807) is 0 Å². The number of rotatable bonds is 5. The van der Waals surface area contributed by atoms with E-state index < -0.39 is 8.32 Å². The van der Waals surface area contributed by atoms with Crippen molar-refractivity contribution < 1.29 is 4.43 Å². The van der Waals surface area contributed by atoms with Gasteiger partial charge in [0.1, 0.15) is 0 Å². The van der Waals surface area contributed by atoms with Crippen molar-refractivity contribution in [3.8, 4) is 0 Å². The quantitative estimate of drug-likeness (QED) is 0.284. The smallest absolute Gasteiger partial charge is 0.202 e. The average Bonchev–Trinajstić information content (AvgIpc) is 3.01. The van der Waals surface area contributed by atoms with Crippen LogP contribution in [0.4, 0.5) is 0 Å². The molecule has 0 heterocycles. The Labute approximate surface area is 208 Å². The number of hydrogen-bond donors (Lipinski definition) is 0. The van der Waals surface area contributed by atoms with Gasteiger partial charge in [-0.2, -0.15) is 0 Å². The maximum atomic E-state index is 8.01. The molecule has 33 heavy (non-hydrogen) atoms. The zero-order valence-electron chi connectivity index (χ0n) is 22.3. The molecule has 0 aromatic carbocycles. The molecule has 0 radical (unpaired) electrons. The van der Waals surface area contributed by atoms with E-state index in [-0.39, 0.29) is 0 Å². The van der Waals surface area contributed by atoms with E-state index in [0.717, 1.165) is 16.6 Å². The fourth-order valence-electron chi connectivity index (χ4n) is 8.66. The van der Waals surface area contributed by atoms with Crippen molar-refractivity contribution >= 4 is 8.32 Å². The molecule has 4 aliphatic rings. The highest BCUT2D eigenvalue weighted by Crippen LogP contribution is 2.56. The summed E-state index contributed by atoms with van der Waals surface area (Å²) < 4.78 is 8.01. The zero-order valence-corrected chi connectivity index (χ0v) is 23.3. The lowest BCUT2D eigenvalue weighted by Crippen LogP contribution is -2.55. The van der Waals surface area contributed by atoms with Crippen LogP contribution in [0.5, 0.6) is 0 Å². The number of hydrogen-bond acceptors (Lipinski definition) is 1. The lowest BCUT2D eigenvalue weighted by atomic mass is 9.99. The summed E-state index contributed by atoms with van der Waals surface area (Å²) in [6.07, 6.45) is 40.9. The highest BCUT2D eigenvalue weighted by Gasteiger charge is 2.54. The zero-order chi connectivity index (χ0) is 22.6. The molecule has 0 aromatic heterocycles. The van der Waals surface area contributed by atoms with Gasteiger partial charge in [-0.15, -0.1) is 0 Å². The Morgan fingerprint density at radius 2 is 0.545 bits per heavy atom. The molecule has 0 unspecified atom stereocenters. The summed E-state index contributed by atoms with van der Waals surface area (Å²) >= 11 is 0. The summed E-state index contributed by atoms with van der Waals surface area (Å²) in [6.45, 7) is 0. The van der Waals surface area contributed by atoms with Crippen LogP contribution in [0.1, 0.15) is 173 Å². The molecule has 0 aliphatic heterocycles. The first-order valence-electron chi connectivity index (χ1n) is 16.1. The Kier molecular flexibility index (Phi) is 11.7. The lowest BCUT2D eigenvalue weighted by molar-refractivity contribution is 0.144. The van der Waals surface area contributed by atoms with Gasteiger partial charge in [0.2, 0.25) is 8.32 Å². The van der Waals surface area contributed by atoms with Crippen molar-refractivity contribution in [2.24, 2.45) is 0 Å². The van der Waals surface area contributed by atoms with Gasteiger partial charge >= 0.3 is 0 Å². The topological polar surface area (TPSA) is 9.23 Å². The van der Waals surface area contributed by atoms with Crippen LogP contribution < -0.4 is 0 Å². The molecule has 192 valence electrons. The highest BCUT2D eigenvalue weighted by molar-refractivity contribution is 6.78. The van der Waals surface area contributed by atoms with Crippen LogP contribution in [0.3, 0.4) is 0 Å². The summed E-state index contributed by atoms with van der Waals surface area (Å²) in [5.41, 5.74) is 2.94. The van der Waals surface area contributed by atoms with E-state index in [2.05, 4.69) is 0 Å². The fourth-order valence-corrected chi connectivity index (χ4v) is 16.0. The second-order valence-corrected chi connectivity index (χ2v) is 17.1. The van der Waals surface area contributed by atoms with Crippen molar-refractivity contribution in [2.75, 3.05) is 0 Å². The average molecular weight is 475 g/mol. The summed E-state index contributed by atoms with van der Waals surface area (Å²) in [5.74, 6) is 0. The predicted octanol–water partition coefficient (Wildman–Crippen LogP) is 11.0. The van der Waals surface area contributed by atoms with Crippen LogP contribution in [-0.2, 0) is 4.43 Å². The summed E-state index contributed by atoms with van der Waals surface area (Å²) in [6, 6.07) is 0. The van der Waals surface area contributed by atoms with Crippen LogP contribution in [-0.4, -0.2) is 14.4 Å². The third-order valence-electron chi connectivity index (χ3n) is 10.4. The van der Waals surface area contributed by atoms with Crippen molar-refractivity contribution in [1.29, 1.82) is 0 Å². The van der Waals surface area contributed by atoms with Gasteiger partial charge in [0.15, 0.2) is 0 Å². The molecule has 0 aromatic rings. The maximum absolute atomic E-state index is 8.01. The van der Waals surface area contributed by atoms with Crippen LogP contribution in [0, 0.1) is 0 Å². The van der Waals surface area contributed by atoms with Crippen LogP contribution >= 0.6 is 0 Å². The lowest BCUT2D eigenvalue weighted by Gasteiger charge is -2.52. The molecule has 4 fully saturated rings. The monoisotopic (exact) mass is 474 g/mol. The molecule has 1 nitrogen and oxygen atoms in total. The van der Waals surface area contributed by atoms with Crippen LogP contribution in [0.15, 0.2) is 0 Å². The standard InChI is InChI=1S/C31H58OSi/c1-4-14-22-29(23-15-5-1)33(30-24-16-6-2-7-17-25-30,31-26-18-8-3-9-19-27-31)32-28-20-12-10-11-13-21-28/h28-31H,1-27H2. The van der Waals surface area contributed by atoms with Gasteiger partial charge in [0.05, 0.1) is 0 Å². The first-order valence-corrected chi connectivity index (χ1v) is 18.2. The van der Waals surface area contributed by atoms with E-state index in [1.165, 1.54) is 173 Å². The van der Waals surface area contributed by atoms with Gasteiger partial charge < -0.3 is 4.43 Å². The SMILES string of the molecule is C1CCCC([Si](OC2CCCCCC2)(C2CCCCCCC2)C2CCCCCCC2)CCC1. The first kappa shape index (κ1) is 26.2. The second kappa shape index (κ2) is 14.7. The molecule has 0 saturated heterocycles. The van der Waals surface area contributed by atoms with E-state index in [9.17, 15) is 0 Å². The Morgan fingerprint density at radius 1 is 0.303 bits per heavy atom. The van der Waals surface area contributed by atoms with Gasteiger partial charge in [-0.05, 0) is 29.5 Å². The molecule has 0 spiro atoms. The summed E-state index contributed by atoms with van der Waals surface area (Å²) in [4.78, 5) is 0. The molecule has 2 heteroatoms. The van der Waals surface area contributed by atoms with Gasteiger partial charge in [0.25, 0.3) is 0 Å². The Bertz CT molecular complexity index is 432. The predicted molar refractivity (Wildman–Crippen MR) is 147 cm³/mol. The third kappa shape index (κ3) is 7.58. The summed E-state index contributed by atoms with van der Waals surface area (Å²) in [7, 11) is -1.87. The highest BCUT2D eigenvalue weighted by atomic mass is 28.4. The van der Waals surface area contributed by atoms with Crippen molar-refractivity contribution in [3.63, 3.8) is 0 Å². The van der Waals surface area contributed by atoms with Crippen molar-refractivity contribution in [3.05, 3.63) is 0 Å². The normalized spacial score (nSPS) is 28.0. The Balaban J connectivity index is 1.69. The molecule has 4 aliphatic carbocycles. The maximum Gasteiger partial charge on any atom is 0.202 e.